The van der Waals surface area contributed by atoms with Gasteiger partial charge in [0.05, 0.1) is 18.1 Å². The Morgan fingerprint density at radius 3 is 3.12 bits per heavy atom. The molecule has 0 amide bonds. The predicted octanol–water partition coefficient (Wildman–Crippen LogP) is -0.0352. The summed E-state index contributed by atoms with van der Waals surface area (Å²) in [6.07, 6.45) is 3.19. The number of nitrogens with one attached hydrogen (secondary N) is 1. The van der Waals surface area contributed by atoms with Crippen LogP contribution in [0.4, 0.5) is 0 Å². The van der Waals surface area contributed by atoms with Crippen LogP contribution in [0.5, 0.6) is 0 Å². The lowest BCUT2D eigenvalue weighted by Gasteiger charge is -2.22. The molecule has 1 atom stereocenters. The Morgan fingerprint density at radius 1 is 1.59 bits per heavy atom. The van der Waals surface area contributed by atoms with Gasteiger partial charge in [-0.05, 0) is 19.8 Å². The first-order valence-electron chi connectivity index (χ1n) is 5.91. The zero-order chi connectivity index (χ0) is 12.3. The second kappa shape index (κ2) is 5.14. The number of hydrogen-bond acceptors (Lipinski definition) is 5. The lowest BCUT2D eigenvalue weighted by atomic mass is 10.2. The van der Waals surface area contributed by atoms with Crippen molar-refractivity contribution in [3.63, 3.8) is 0 Å². The van der Waals surface area contributed by atoms with E-state index < -0.39 is 9.84 Å². The molecular weight excluding hydrogens is 240 g/mol. The summed E-state index contributed by atoms with van der Waals surface area (Å²) in [5.74, 6) is 1.43. The standard InChI is InChI=1S/C10H18N4O2S/c1-2-14-10(12-8-13-14)6-11-9-4-3-5-17(15,16)7-9/h8-9,11H,2-7H2,1H3. The zero-order valence-corrected chi connectivity index (χ0v) is 10.8. The van der Waals surface area contributed by atoms with Gasteiger partial charge in [-0.2, -0.15) is 5.10 Å². The van der Waals surface area contributed by atoms with Gasteiger partial charge in [0.15, 0.2) is 9.84 Å². The summed E-state index contributed by atoms with van der Waals surface area (Å²) in [7, 11) is -2.84. The Labute approximate surface area is 101 Å². The quantitative estimate of drug-likeness (QED) is 0.820. The third kappa shape index (κ3) is 3.26. The molecule has 1 unspecified atom stereocenters. The van der Waals surface area contributed by atoms with Gasteiger partial charge >= 0.3 is 0 Å². The third-order valence-electron chi connectivity index (χ3n) is 3.01. The van der Waals surface area contributed by atoms with Crippen molar-refractivity contribution in [2.75, 3.05) is 11.5 Å². The Balaban J connectivity index is 1.90. The number of aromatic nitrogens is 3. The van der Waals surface area contributed by atoms with Crippen LogP contribution in [-0.4, -0.2) is 40.7 Å². The Morgan fingerprint density at radius 2 is 2.41 bits per heavy atom. The van der Waals surface area contributed by atoms with E-state index in [0.29, 0.717) is 12.3 Å². The number of nitrogens with zero attached hydrogens (tertiary/aromatic N) is 3. The molecular formula is C10H18N4O2S. The topological polar surface area (TPSA) is 76.9 Å². The molecule has 1 aliphatic heterocycles. The molecule has 2 rings (SSSR count). The number of sulfone groups is 1. The van der Waals surface area contributed by atoms with Gasteiger partial charge in [-0.25, -0.2) is 18.1 Å². The van der Waals surface area contributed by atoms with Gasteiger partial charge in [0.1, 0.15) is 12.2 Å². The van der Waals surface area contributed by atoms with Crippen LogP contribution in [0.3, 0.4) is 0 Å². The Kier molecular flexibility index (Phi) is 3.78. The highest BCUT2D eigenvalue weighted by Gasteiger charge is 2.24. The van der Waals surface area contributed by atoms with E-state index in [1.807, 2.05) is 11.6 Å². The third-order valence-corrected chi connectivity index (χ3v) is 4.83. The maximum atomic E-state index is 11.5. The van der Waals surface area contributed by atoms with Gasteiger partial charge in [0, 0.05) is 12.6 Å². The van der Waals surface area contributed by atoms with Crippen molar-refractivity contribution in [1.82, 2.24) is 20.1 Å². The second-order valence-electron chi connectivity index (χ2n) is 4.33. The van der Waals surface area contributed by atoms with Crippen LogP contribution in [0, 0.1) is 0 Å². The highest BCUT2D eigenvalue weighted by molar-refractivity contribution is 7.91. The van der Waals surface area contributed by atoms with Crippen molar-refractivity contribution in [2.24, 2.45) is 0 Å². The molecule has 1 saturated heterocycles. The Hall–Kier alpha value is -0.950. The zero-order valence-electron chi connectivity index (χ0n) is 9.96. The van der Waals surface area contributed by atoms with E-state index in [0.717, 1.165) is 25.2 Å². The SMILES string of the molecule is CCn1ncnc1CNC1CCCS(=O)(=O)C1. The fourth-order valence-electron chi connectivity index (χ4n) is 2.11. The summed E-state index contributed by atoms with van der Waals surface area (Å²) in [6, 6.07) is 0.0516. The first kappa shape index (κ1) is 12.5. The van der Waals surface area contributed by atoms with Crippen molar-refractivity contribution in [3.05, 3.63) is 12.2 Å². The van der Waals surface area contributed by atoms with Crippen molar-refractivity contribution in [1.29, 1.82) is 0 Å². The fourth-order valence-corrected chi connectivity index (χ4v) is 3.78. The van der Waals surface area contributed by atoms with Crippen LogP contribution < -0.4 is 5.32 Å². The monoisotopic (exact) mass is 258 g/mol. The molecule has 1 aromatic rings. The molecule has 17 heavy (non-hydrogen) atoms. The largest absolute Gasteiger partial charge is 0.306 e. The summed E-state index contributed by atoms with van der Waals surface area (Å²) in [6.45, 7) is 3.36. The highest BCUT2D eigenvalue weighted by Crippen LogP contribution is 2.12. The van der Waals surface area contributed by atoms with Gasteiger partial charge in [-0.3, -0.25) is 0 Å². The molecule has 0 bridgehead atoms. The summed E-state index contributed by atoms with van der Waals surface area (Å²) >= 11 is 0. The van der Waals surface area contributed by atoms with Crippen LogP contribution in [0.2, 0.25) is 0 Å². The molecule has 0 aliphatic carbocycles. The smallest absolute Gasteiger partial charge is 0.151 e. The molecule has 1 fully saturated rings. The van der Waals surface area contributed by atoms with Gasteiger partial charge in [0.2, 0.25) is 0 Å². The molecule has 1 aromatic heterocycles. The molecule has 0 aromatic carbocycles. The normalized spacial score (nSPS) is 23.7. The van der Waals surface area contributed by atoms with Gasteiger partial charge in [-0.15, -0.1) is 0 Å². The molecule has 7 heteroatoms. The van der Waals surface area contributed by atoms with Crippen molar-refractivity contribution < 1.29 is 8.42 Å². The number of aryl methyl sites for hydroxylation is 1. The minimum Gasteiger partial charge on any atom is -0.306 e. The summed E-state index contributed by atoms with van der Waals surface area (Å²) in [5, 5.41) is 7.33. The average molecular weight is 258 g/mol. The molecule has 1 N–H and O–H groups in total. The molecule has 1 aliphatic rings. The summed E-state index contributed by atoms with van der Waals surface area (Å²) in [4.78, 5) is 4.15. The molecule has 0 radical (unpaired) electrons. The van der Waals surface area contributed by atoms with Gasteiger partial charge in [0.25, 0.3) is 0 Å². The van der Waals surface area contributed by atoms with Crippen LogP contribution >= 0.6 is 0 Å². The molecule has 96 valence electrons. The van der Waals surface area contributed by atoms with Crippen LogP contribution in [0.15, 0.2) is 6.33 Å². The molecule has 6 nitrogen and oxygen atoms in total. The summed E-state index contributed by atoms with van der Waals surface area (Å²) in [5.41, 5.74) is 0. The summed E-state index contributed by atoms with van der Waals surface area (Å²) < 4.78 is 24.8. The van der Waals surface area contributed by atoms with Crippen molar-refractivity contribution in [3.8, 4) is 0 Å². The minimum atomic E-state index is -2.84. The van der Waals surface area contributed by atoms with Crippen LogP contribution in [0.25, 0.3) is 0 Å². The van der Waals surface area contributed by atoms with Crippen LogP contribution in [0.1, 0.15) is 25.6 Å². The van der Waals surface area contributed by atoms with Crippen molar-refractivity contribution >= 4 is 9.84 Å². The van der Waals surface area contributed by atoms with E-state index in [2.05, 4.69) is 15.4 Å². The maximum absolute atomic E-state index is 11.5. The van der Waals surface area contributed by atoms with E-state index >= 15 is 0 Å². The number of rotatable bonds is 4. The van der Waals surface area contributed by atoms with E-state index in [9.17, 15) is 8.42 Å². The Bertz CT molecular complexity index is 468. The average Bonchev–Trinajstić information content (AvgIpc) is 2.72. The number of hydrogen-bond donors (Lipinski definition) is 1. The lowest BCUT2D eigenvalue weighted by molar-refractivity contribution is 0.463. The second-order valence-corrected chi connectivity index (χ2v) is 6.56. The first-order chi connectivity index (χ1) is 8.11. The first-order valence-corrected chi connectivity index (χ1v) is 7.73. The maximum Gasteiger partial charge on any atom is 0.151 e. The highest BCUT2D eigenvalue weighted by atomic mass is 32.2. The van der Waals surface area contributed by atoms with E-state index in [4.69, 9.17) is 0 Å². The molecule has 0 saturated carbocycles. The van der Waals surface area contributed by atoms with Gasteiger partial charge < -0.3 is 5.32 Å². The lowest BCUT2D eigenvalue weighted by Crippen LogP contribution is -2.40. The van der Waals surface area contributed by atoms with Gasteiger partial charge in [-0.1, -0.05) is 0 Å². The van der Waals surface area contributed by atoms with Crippen molar-refractivity contribution in [2.45, 2.75) is 38.9 Å². The van der Waals surface area contributed by atoms with Crippen LogP contribution in [-0.2, 0) is 22.9 Å². The fraction of sp³-hybridized carbons (Fsp3) is 0.800. The minimum absolute atomic E-state index is 0.0516. The van der Waals surface area contributed by atoms with E-state index in [-0.39, 0.29) is 11.8 Å². The predicted molar refractivity (Wildman–Crippen MR) is 64.2 cm³/mol. The van der Waals surface area contributed by atoms with E-state index in [1.54, 1.807) is 0 Å². The van der Waals surface area contributed by atoms with E-state index in [1.165, 1.54) is 6.33 Å². The molecule has 2 heterocycles. The molecule has 0 spiro atoms.